The highest BCUT2D eigenvalue weighted by molar-refractivity contribution is 7.20. The van der Waals surface area contributed by atoms with Crippen LogP contribution in [0.25, 0.3) is 16.2 Å². The summed E-state index contributed by atoms with van der Waals surface area (Å²) in [5.41, 5.74) is 2.99. The molecule has 0 aliphatic carbocycles. The second-order valence-corrected chi connectivity index (χ2v) is 7.28. The van der Waals surface area contributed by atoms with E-state index in [1.807, 2.05) is 60.8 Å². The van der Waals surface area contributed by atoms with Gasteiger partial charge in [0.2, 0.25) is 10.1 Å². The van der Waals surface area contributed by atoms with Crippen LogP contribution in [0.15, 0.2) is 60.8 Å². The maximum absolute atomic E-state index is 9.37. The van der Waals surface area contributed by atoms with Gasteiger partial charge >= 0.3 is 0 Å². The van der Waals surface area contributed by atoms with Crippen molar-refractivity contribution >= 4 is 33.0 Å². The van der Waals surface area contributed by atoms with Gasteiger partial charge in [-0.3, -0.25) is 0 Å². The Kier molecular flexibility index (Phi) is 4.88. The largest absolute Gasteiger partial charge is 0.396 e. The molecular weight excluding hydrogens is 368 g/mol. The third-order valence-corrected chi connectivity index (χ3v) is 5.21. The highest BCUT2D eigenvalue weighted by atomic mass is 35.5. The molecule has 0 saturated carbocycles. The number of fused-ring (bicyclic) bond motifs is 1. The zero-order valence-corrected chi connectivity index (χ0v) is 15.4. The number of anilines is 1. The smallest absolute Gasteiger partial charge is 0.214 e. The van der Waals surface area contributed by atoms with Crippen LogP contribution in [-0.2, 0) is 0 Å². The van der Waals surface area contributed by atoms with Crippen molar-refractivity contribution in [3.8, 4) is 11.3 Å². The lowest BCUT2D eigenvalue weighted by molar-refractivity contribution is 0.280. The fourth-order valence-corrected chi connectivity index (χ4v) is 3.76. The van der Waals surface area contributed by atoms with Gasteiger partial charge in [0.15, 0.2) is 0 Å². The van der Waals surface area contributed by atoms with Gasteiger partial charge in [-0.2, -0.15) is 0 Å². The standard InChI is InChI=1S/C19H17ClN4OS/c20-15-8-6-14(7-9-15)17-12-24-19(22-17)26-18(23-24)21-16(10-11-25)13-4-2-1-3-5-13/h1-9,12,16,25H,10-11H2,(H,21,23)/t16-/m1/s1. The molecule has 1 atom stereocenters. The summed E-state index contributed by atoms with van der Waals surface area (Å²) >= 11 is 7.43. The molecule has 2 aromatic carbocycles. The van der Waals surface area contributed by atoms with Crippen LogP contribution in [0.3, 0.4) is 0 Å². The van der Waals surface area contributed by atoms with Crippen molar-refractivity contribution in [1.82, 2.24) is 14.6 Å². The average molecular weight is 385 g/mol. The maximum Gasteiger partial charge on any atom is 0.214 e. The molecule has 0 radical (unpaired) electrons. The summed E-state index contributed by atoms with van der Waals surface area (Å²) in [5, 5.41) is 18.8. The molecule has 2 heterocycles. The van der Waals surface area contributed by atoms with E-state index in [4.69, 9.17) is 11.6 Å². The predicted molar refractivity (Wildman–Crippen MR) is 106 cm³/mol. The Morgan fingerprint density at radius 2 is 1.88 bits per heavy atom. The molecule has 2 aromatic heterocycles. The Bertz CT molecular complexity index is 966. The predicted octanol–water partition coefficient (Wildman–Crippen LogP) is 4.65. The molecular formula is C19H17ClN4OS. The Balaban J connectivity index is 1.57. The Labute approximate surface area is 159 Å². The Hall–Kier alpha value is -2.41. The van der Waals surface area contributed by atoms with Gasteiger partial charge in [-0.05, 0) is 24.1 Å². The number of nitrogens with one attached hydrogen (secondary N) is 1. The zero-order valence-electron chi connectivity index (χ0n) is 13.8. The minimum atomic E-state index is 0.00721. The number of hydrogen-bond acceptors (Lipinski definition) is 5. The molecule has 4 rings (SSSR count). The summed E-state index contributed by atoms with van der Waals surface area (Å²) in [5.74, 6) is 0. The van der Waals surface area contributed by atoms with Crippen LogP contribution in [0.1, 0.15) is 18.0 Å². The van der Waals surface area contributed by atoms with Crippen LogP contribution >= 0.6 is 22.9 Å². The molecule has 0 unspecified atom stereocenters. The highest BCUT2D eigenvalue weighted by Gasteiger charge is 2.15. The van der Waals surface area contributed by atoms with Crippen molar-refractivity contribution in [1.29, 1.82) is 0 Å². The van der Waals surface area contributed by atoms with Gasteiger partial charge in [-0.1, -0.05) is 65.4 Å². The summed E-state index contributed by atoms with van der Waals surface area (Å²) in [6.07, 6.45) is 2.52. The topological polar surface area (TPSA) is 62.5 Å². The molecule has 0 bridgehead atoms. The number of aliphatic hydroxyl groups excluding tert-OH is 1. The third kappa shape index (κ3) is 3.58. The van der Waals surface area contributed by atoms with Crippen LogP contribution in [0.2, 0.25) is 5.02 Å². The lowest BCUT2D eigenvalue weighted by Crippen LogP contribution is -2.12. The molecule has 2 N–H and O–H groups in total. The fourth-order valence-electron chi connectivity index (χ4n) is 2.80. The molecule has 0 amide bonds. The summed E-state index contributed by atoms with van der Waals surface area (Å²) in [7, 11) is 0. The van der Waals surface area contributed by atoms with Crippen molar-refractivity contribution in [3.05, 3.63) is 71.4 Å². The summed E-state index contributed by atoms with van der Waals surface area (Å²) in [4.78, 5) is 5.46. The van der Waals surface area contributed by atoms with Crippen molar-refractivity contribution in [2.45, 2.75) is 12.5 Å². The quantitative estimate of drug-likeness (QED) is 0.508. The first-order valence-electron chi connectivity index (χ1n) is 8.27. The van der Waals surface area contributed by atoms with Crippen LogP contribution in [0, 0.1) is 0 Å². The molecule has 0 saturated heterocycles. The lowest BCUT2D eigenvalue weighted by atomic mass is 10.0. The molecule has 7 heteroatoms. The minimum absolute atomic E-state index is 0.00721. The van der Waals surface area contributed by atoms with Gasteiger partial charge in [-0.15, -0.1) is 5.10 Å². The van der Waals surface area contributed by atoms with Crippen molar-refractivity contribution in [2.75, 3.05) is 11.9 Å². The lowest BCUT2D eigenvalue weighted by Gasteiger charge is -2.17. The molecule has 0 aliphatic rings. The van der Waals surface area contributed by atoms with E-state index in [0.29, 0.717) is 11.4 Å². The summed E-state index contributed by atoms with van der Waals surface area (Å²) in [6, 6.07) is 17.7. The maximum atomic E-state index is 9.37. The number of hydrogen-bond donors (Lipinski definition) is 2. The van der Waals surface area contributed by atoms with Gasteiger partial charge < -0.3 is 10.4 Å². The summed E-state index contributed by atoms with van der Waals surface area (Å²) in [6.45, 7) is 0.107. The van der Waals surface area contributed by atoms with Crippen LogP contribution in [0.4, 0.5) is 5.13 Å². The molecule has 5 nitrogen and oxygen atoms in total. The second kappa shape index (κ2) is 7.45. The monoisotopic (exact) mass is 384 g/mol. The molecule has 0 spiro atoms. The fraction of sp³-hybridized carbons (Fsp3) is 0.158. The van der Waals surface area contributed by atoms with Gasteiger partial charge in [0.1, 0.15) is 0 Å². The number of benzene rings is 2. The number of rotatable bonds is 6. The van der Waals surface area contributed by atoms with Gasteiger partial charge in [0.05, 0.1) is 17.9 Å². The SMILES string of the molecule is OCC[C@@H](Nc1nn2cc(-c3ccc(Cl)cc3)nc2s1)c1ccccc1. The normalized spacial score (nSPS) is 12.4. The third-order valence-electron chi connectivity index (χ3n) is 4.10. The van der Waals surface area contributed by atoms with E-state index in [-0.39, 0.29) is 12.6 Å². The second-order valence-electron chi connectivity index (χ2n) is 5.89. The van der Waals surface area contributed by atoms with Crippen LogP contribution in [-0.4, -0.2) is 26.3 Å². The van der Waals surface area contributed by atoms with E-state index in [0.717, 1.165) is 26.9 Å². The van der Waals surface area contributed by atoms with Crippen molar-refractivity contribution in [2.24, 2.45) is 0 Å². The van der Waals surface area contributed by atoms with Crippen molar-refractivity contribution < 1.29 is 5.11 Å². The number of imidazole rings is 1. The van der Waals surface area contributed by atoms with Crippen LogP contribution in [0.5, 0.6) is 0 Å². The van der Waals surface area contributed by atoms with Gasteiger partial charge in [0.25, 0.3) is 0 Å². The van der Waals surface area contributed by atoms with Gasteiger partial charge in [-0.25, -0.2) is 9.50 Å². The van der Waals surface area contributed by atoms with E-state index < -0.39 is 0 Å². The van der Waals surface area contributed by atoms with E-state index in [9.17, 15) is 5.11 Å². The first-order valence-corrected chi connectivity index (χ1v) is 9.47. The van der Waals surface area contributed by atoms with Gasteiger partial charge in [0, 0.05) is 17.2 Å². The Morgan fingerprint density at radius 3 is 2.58 bits per heavy atom. The molecule has 0 aliphatic heterocycles. The van der Waals surface area contributed by atoms with Crippen LogP contribution < -0.4 is 5.32 Å². The number of aliphatic hydroxyl groups is 1. The first-order chi connectivity index (χ1) is 12.7. The van der Waals surface area contributed by atoms with E-state index in [1.165, 1.54) is 11.3 Å². The number of halogens is 1. The van der Waals surface area contributed by atoms with E-state index in [1.54, 1.807) is 4.52 Å². The zero-order chi connectivity index (χ0) is 17.9. The molecule has 0 fully saturated rings. The van der Waals surface area contributed by atoms with Crippen molar-refractivity contribution in [3.63, 3.8) is 0 Å². The number of nitrogens with zero attached hydrogens (tertiary/aromatic N) is 3. The average Bonchev–Trinajstić information content (AvgIpc) is 3.21. The minimum Gasteiger partial charge on any atom is -0.396 e. The molecule has 26 heavy (non-hydrogen) atoms. The Morgan fingerprint density at radius 1 is 1.12 bits per heavy atom. The molecule has 4 aromatic rings. The molecule has 132 valence electrons. The highest BCUT2D eigenvalue weighted by Crippen LogP contribution is 2.28. The van der Waals surface area contributed by atoms with E-state index in [2.05, 4.69) is 15.4 Å². The number of aromatic nitrogens is 3. The van der Waals surface area contributed by atoms with E-state index >= 15 is 0 Å². The first kappa shape index (κ1) is 17.0. The summed E-state index contributed by atoms with van der Waals surface area (Å²) < 4.78 is 1.78.